The van der Waals surface area contributed by atoms with E-state index in [2.05, 4.69) is 106 Å². The van der Waals surface area contributed by atoms with E-state index in [0.29, 0.717) is 11.8 Å². The van der Waals surface area contributed by atoms with Gasteiger partial charge in [-0.3, -0.25) is 9.59 Å². The lowest BCUT2D eigenvalue weighted by molar-refractivity contribution is -0.139. The van der Waals surface area contributed by atoms with Crippen molar-refractivity contribution in [3.05, 3.63) is 107 Å². The van der Waals surface area contributed by atoms with Crippen molar-refractivity contribution in [3.63, 3.8) is 0 Å². The number of likely N-dealkylation sites (tertiary alicyclic amines) is 2. The Morgan fingerprint density at radius 3 is 1.68 bits per heavy atom. The average molecular weight is 1030 g/mol. The monoisotopic (exact) mass is 1030 g/mol. The van der Waals surface area contributed by atoms with Crippen LogP contribution >= 0.6 is 0 Å². The van der Waals surface area contributed by atoms with Crippen molar-refractivity contribution in [2.45, 2.75) is 127 Å². The number of carbonyl (C=O) groups is 4. The van der Waals surface area contributed by atoms with Gasteiger partial charge in [-0.25, -0.2) is 19.6 Å². The van der Waals surface area contributed by atoms with Gasteiger partial charge in [0.25, 0.3) is 0 Å². The van der Waals surface area contributed by atoms with Crippen LogP contribution in [-0.4, -0.2) is 116 Å². The van der Waals surface area contributed by atoms with Crippen molar-refractivity contribution in [1.29, 1.82) is 0 Å². The Kier molecular flexibility index (Phi) is 14.5. The second-order valence-electron chi connectivity index (χ2n) is 22.1. The number of hydrogen-bond donors (Lipinski definition) is 6. The number of alkyl carbamates (subject to hydrolysis) is 2. The number of fused-ring (bicyclic) bond motifs is 4. The molecule has 2 aromatic heterocycles. The number of aliphatic hydroxyl groups excluding tert-OH is 2. The fraction of sp³-hybridized carbons (Fsp3) is 0.467. The van der Waals surface area contributed by atoms with Crippen molar-refractivity contribution >= 4 is 58.2 Å². The minimum atomic E-state index is -0.942. The van der Waals surface area contributed by atoms with E-state index in [1.54, 1.807) is 13.8 Å². The third-order valence-corrected chi connectivity index (χ3v) is 17.5. The van der Waals surface area contributed by atoms with Gasteiger partial charge < -0.3 is 50.1 Å². The maximum Gasteiger partial charge on any atom is 0.407 e. The van der Waals surface area contributed by atoms with Crippen LogP contribution in [0.25, 0.3) is 56.5 Å². The fourth-order valence-electron chi connectivity index (χ4n) is 13.4. The largest absolute Gasteiger partial charge is 0.453 e. The molecule has 4 heterocycles. The highest BCUT2D eigenvalue weighted by atomic mass is 16.5. The van der Waals surface area contributed by atoms with E-state index < -0.39 is 36.1 Å². The molecule has 6 N–H and O–H groups in total. The number of nitrogens with one attached hydrogen (secondary N) is 4. The number of hydrogen-bond acceptors (Lipinski definition) is 10. The molecule has 10 atom stereocenters. The van der Waals surface area contributed by atoms with Gasteiger partial charge in [0.1, 0.15) is 23.7 Å². The quantitative estimate of drug-likeness (QED) is 0.0683. The minimum Gasteiger partial charge on any atom is -0.453 e. The normalized spacial score (nSPS) is 24.0. The molecule has 4 amide bonds. The molecule has 0 unspecified atom stereocenters. The summed E-state index contributed by atoms with van der Waals surface area (Å²) in [7, 11) is 2.55. The SMILES string of the molecule is COC(=O)N[C@H](C(=O)N1[C@H](c2nc3ccc(-c4cc5ccc4/C=C\c4ccc(c(-c6ccc7nc([C@@H]8C[C@@H]9CCCC[C@@H]9N8C(=O)[C@@H](NC(=O)OC)[C@@H](C)CO)[nH]c7c6)c4)CC5)cc3[nH]2)C[C@@H]2CCCC[C@@H]21)[C@@H](C)CO. The number of methoxy groups -OCH3 is 2. The van der Waals surface area contributed by atoms with E-state index in [4.69, 9.17) is 19.4 Å². The van der Waals surface area contributed by atoms with Crippen LogP contribution in [0.5, 0.6) is 0 Å². The lowest BCUT2D eigenvalue weighted by Gasteiger charge is -2.37. The van der Waals surface area contributed by atoms with Crippen LogP contribution in [0.4, 0.5) is 9.59 Å². The molecular weight excluding hydrogens is 961 g/mol. The van der Waals surface area contributed by atoms with Crippen LogP contribution < -0.4 is 10.6 Å². The first-order valence-electron chi connectivity index (χ1n) is 27.4. The zero-order valence-electron chi connectivity index (χ0n) is 43.9. The van der Waals surface area contributed by atoms with E-state index in [1.807, 2.05) is 9.80 Å². The number of amides is 4. The van der Waals surface area contributed by atoms with Gasteiger partial charge in [0.05, 0.1) is 48.4 Å². The number of rotatable bonds is 12. The summed E-state index contributed by atoms with van der Waals surface area (Å²) in [5.74, 6) is 0.620. The molecule has 4 bridgehead atoms. The lowest BCUT2D eigenvalue weighted by Crippen LogP contribution is -2.54. The topological polar surface area (TPSA) is 215 Å². The molecule has 16 heteroatoms. The van der Waals surface area contributed by atoms with Crippen molar-refractivity contribution in [1.82, 2.24) is 40.4 Å². The Morgan fingerprint density at radius 2 is 1.16 bits per heavy atom. The number of imidazole rings is 2. The molecule has 14 rings (SSSR count). The summed E-state index contributed by atoms with van der Waals surface area (Å²) in [6.45, 7) is 2.99. The number of aromatic amines is 2. The molecule has 398 valence electrons. The molecule has 8 aliphatic rings. The molecule has 76 heavy (non-hydrogen) atoms. The molecule has 0 spiro atoms. The summed E-state index contributed by atoms with van der Waals surface area (Å²) in [6, 6.07) is 23.7. The number of ether oxygens (including phenoxy) is 2. The van der Waals surface area contributed by atoms with Crippen LogP contribution in [-0.2, 0) is 31.9 Å². The second-order valence-corrected chi connectivity index (χ2v) is 22.1. The molecule has 6 aromatic rings. The Hall–Kier alpha value is -7.04. The zero-order valence-corrected chi connectivity index (χ0v) is 43.9. The van der Waals surface area contributed by atoms with E-state index in [0.717, 1.165) is 144 Å². The van der Waals surface area contributed by atoms with Crippen molar-refractivity contribution in [3.8, 4) is 22.3 Å². The lowest BCUT2D eigenvalue weighted by atomic mass is 9.84. The number of benzene rings is 4. The standard InChI is InChI=1S/C60H70N8O8/c1-33(31-69)53(65-59(73)75-3)57(71)67-49-11-7-5-9-41(49)29-51(67)55-61-45-23-21-39(27-47(45)63-55)43-25-35-13-17-37(43)19-15-36-14-18-38(20-16-35)44(26-36)40-22-24-46-48(28-40)64-56(62-46)52-30-42-10-6-8-12-50(42)68(52)58(72)54(34(2)32-70)66-60(74)76-4/h13-15,17-19,21-28,33-34,41-42,49-54,69-70H,5-12,16,20,29-32H2,1-4H3,(H,61,63)(H,62,64)(H,65,73)(H,66,74)/b19-15-/t33-,34-,41-,42-,49-,50-,51-,52-,53-,54-/m0/s1. The molecule has 4 aromatic carbocycles. The zero-order chi connectivity index (χ0) is 52.8. The van der Waals surface area contributed by atoms with Gasteiger partial charge in [-0.15, -0.1) is 0 Å². The third-order valence-electron chi connectivity index (χ3n) is 17.5. The maximum atomic E-state index is 14.5. The van der Waals surface area contributed by atoms with E-state index >= 15 is 0 Å². The van der Waals surface area contributed by atoms with E-state index in [1.165, 1.54) is 25.3 Å². The highest BCUT2D eigenvalue weighted by Crippen LogP contribution is 2.48. The first-order valence-corrected chi connectivity index (χ1v) is 27.4. The van der Waals surface area contributed by atoms with Crippen LogP contribution in [0.15, 0.2) is 72.8 Å². The molecule has 0 radical (unpaired) electrons. The van der Waals surface area contributed by atoms with Crippen LogP contribution in [0.1, 0.15) is 124 Å². The van der Waals surface area contributed by atoms with Crippen LogP contribution in [0.2, 0.25) is 0 Å². The number of aryl methyl sites for hydroxylation is 2. The smallest absolute Gasteiger partial charge is 0.407 e. The van der Waals surface area contributed by atoms with E-state index in [-0.39, 0.29) is 49.2 Å². The van der Waals surface area contributed by atoms with E-state index in [9.17, 15) is 29.4 Å². The summed E-state index contributed by atoms with van der Waals surface area (Å²) >= 11 is 0. The summed E-state index contributed by atoms with van der Waals surface area (Å²) in [5.41, 5.74) is 12.4. The third kappa shape index (κ3) is 9.74. The number of aromatic nitrogens is 4. The number of aliphatic hydroxyl groups is 2. The van der Waals surface area contributed by atoms with Crippen molar-refractivity contribution in [2.24, 2.45) is 23.7 Å². The Labute approximate surface area is 443 Å². The Balaban J connectivity index is 0.868. The molecule has 2 aliphatic heterocycles. The molecular formula is C60H70N8O8. The van der Waals surface area contributed by atoms with Crippen LogP contribution in [0.3, 0.4) is 0 Å². The van der Waals surface area contributed by atoms with Gasteiger partial charge in [0.2, 0.25) is 11.8 Å². The summed E-state index contributed by atoms with van der Waals surface area (Å²) in [4.78, 5) is 75.4. The highest BCUT2D eigenvalue weighted by Gasteiger charge is 2.50. The highest BCUT2D eigenvalue weighted by molar-refractivity contribution is 5.90. The number of H-pyrrole nitrogens is 2. The van der Waals surface area contributed by atoms with Crippen LogP contribution in [0, 0.1) is 23.7 Å². The first kappa shape index (κ1) is 51.1. The van der Waals surface area contributed by atoms with Gasteiger partial charge in [0.15, 0.2) is 0 Å². The number of carbonyl (C=O) groups excluding carboxylic acids is 4. The van der Waals surface area contributed by atoms with Gasteiger partial charge >= 0.3 is 12.2 Å². The summed E-state index contributed by atoms with van der Waals surface area (Å²) < 4.78 is 9.78. The molecule has 4 fully saturated rings. The Morgan fingerprint density at radius 1 is 0.632 bits per heavy atom. The summed E-state index contributed by atoms with van der Waals surface area (Å²) in [6.07, 6.45) is 14.2. The second kappa shape index (κ2) is 21.5. The van der Waals surface area contributed by atoms with Crippen molar-refractivity contribution < 1.29 is 38.9 Å². The number of nitrogens with zero attached hydrogens (tertiary/aromatic N) is 4. The molecule has 2 saturated heterocycles. The molecule has 2 saturated carbocycles. The summed E-state index contributed by atoms with van der Waals surface area (Å²) in [5, 5.41) is 25.7. The van der Waals surface area contributed by atoms with Gasteiger partial charge in [-0.05, 0) is 138 Å². The average Bonchev–Trinajstić information content (AvgIpc) is 4.30. The predicted molar refractivity (Wildman–Crippen MR) is 290 cm³/mol. The Bertz CT molecular complexity index is 3200. The minimum absolute atomic E-state index is 0.0204. The van der Waals surface area contributed by atoms with Gasteiger partial charge in [-0.2, -0.15) is 0 Å². The molecule has 16 nitrogen and oxygen atoms in total. The maximum absolute atomic E-state index is 14.5. The van der Waals surface area contributed by atoms with Gasteiger partial charge in [0, 0.05) is 37.1 Å². The predicted octanol–water partition coefficient (Wildman–Crippen LogP) is 9.41. The molecule has 6 aliphatic carbocycles. The first-order chi connectivity index (χ1) is 36.9. The van der Waals surface area contributed by atoms with Gasteiger partial charge in [-0.1, -0.05) is 94.1 Å². The fourth-order valence-corrected chi connectivity index (χ4v) is 13.4. The van der Waals surface area contributed by atoms with Crippen molar-refractivity contribution in [2.75, 3.05) is 27.4 Å².